The van der Waals surface area contributed by atoms with Crippen LogP contribution in [0.5, 0.6) is 0 Å². The van der Waals surface area contributed by atoms with Gasteiger partial charge in [0.2, 0.25) is 5.91 Å². The summed E-state index contributed by atoms with van der Waals surface area (Å²) in [6, 6.07) is 6.24. The summed E-state index contributed by atoms with van der Waals surface area (Å²) in [7, 11) is 1.50. The second-order valence-electron chi connectivity index (χ2n) is 3.16. The highest BCUT2D eigenvalue weighted by Crippen LogP contribution is 2.21. The molecule has 2 amide bonds. The molecule has 0 saturated heterocycles. The lowest BCUT2D eigenvalue weighted by molar-refractivity contribution is -0.115. The molecule has 1 aromatic rings. The molecule has 0 atom stereocenters. The zero-order chi connectivity index (χ0) is 12.8. The molecule has 0 saturated carbocycles. The first-order chi connectivity index (χ1) is 8.08. The smallest absolute Gasteiger partial charge is 0.252 e. The SMILES string of the molecule is CNC(=O)c1ccc(NC(=O)CC#N)cc1Cl. The maximum Gasteiger partial charge on any atom is 0.252 e. The molecule has 17 heavy (non-hydrogen) atoms. The van der Waals surface area contributed by atoms with E-state index in [0.29, 0.717) is 11.3 Å². The first-order valence-corrected chi connectivity index (χ1v) is 5.14. The van der Waals surface area contributed by atoms with Gasteiger partial charge in [-0.2, -0.15) is 5.26 Å². The van der Waals surface area contributed by atoms with Crippen molar-refractivity contribution in [2.75, 3.05) is 12.4 Å². The fourth-order valence-corrected chi connectivity index (χ4v) is 1.46. The second-order valence-corrected chi connectivity index (χ2v) is 3.56. The Labute approximate surface area is 103 Å². The fourth-order valence-electron chi connectivity index (χ4n) is 1.19. The third-order valence-corrected chi connectivity index (χ3v) is 2.28. The van der Waals surface area contributed by atoms with Crippen LogP contribution in [0.15, 0.2) is 18.2 Å². The van der Waals surface area contributed by atoms with Crippen LogP contribution < -0.4 is 10.6 Å². The number of nitrogens with zero attached hydrogens (tertiary/aromatic N) is 1. The Morgan fingerprint density at radius 1 is 1.47 bits per heavy atom. The third kappa shape index (κ3) is 3.47. The Bertz CT molecular complexity index is 494. The Hall–Kier alpha value is -2.06. The number of amides is 2. The number of carbonyl (C=O) groups is 2. The van der Waals surface area contributed by atoms with Crippen LogP contribution in [0.4, 0.5) is 5.69 Å². The van der Waals surface area contributed by atoms with E-state index in [1.165, 1.54) is 19.2 Å². The van der Waals surface area contributed by atoms with Gasteiger partial charge in [-0.05, 0) is 18.2 Å². The number of rotatable bonds is 3. The molecule has 1 aromatic carbocycles. The summed E-state index contributed by atoms with van der Waals surface area (Å²) in [5.74, 6) is -0.721. The first kappa shape index (κ1) is 13.0. The molecule has 0 bridgehead atoms. The standard InChI is InChI=1S/C11H10ClN3O2/c1-14-11(17)8-3-2-7(6-9(8)12)15-10(16)4-5-13/h2-3,6H,4H2,1H3,(H,14,17)(H,15,16). The van der Waals surface area contributed by atoms with Gasteiger partial charge in [0.1, 0.15) is 6.42 Å². The van der Waals surface area contributed by atoms with E-state index in [1.54, 1.807) is 12.1 Å². The monoisotopic (exact) mass is 251 g/mol. The van der Waals surface area contributed by atoms with Gasteiger partial charge in [0.25, 0.3) is 5.91 Å². The number of halogens is 1. The minimum atomic E-state index is -0.420. The number of hydrogen-bond acceptors (Lipinski definition) is 3. The Balaban J connectivity index is 2.86. The molecule has 5 nitrogen and oxygen atoms in total. The summed E-state index contributed by atoms with van der Waals surface area (Å²) in [6.45, 7) is 0. The van der Waals surface area contributed by atoms with E-state index >= 15 is 0 Å². The van der Waals surface area contributed by atoms with E-state index in [1.807, 2.05) is 0 Å². The Morgan fingerprint density at radius 2 is 2.18 bits per heavy atom. The summed E-state index contributed by atoms with van der Waals surface area (Å²) < 4.78 is 0. The van der Waals surface area contributed by atoms with Crippen molar-refractivity contribution in [3.63, 3.8) is 0 Å². The highest BCUT2D eigenvalue weighted by atomic mass is 35.5. The van der Waals surface area contributed by atoms with Crippen molar-refractivity contribution in [1.82, 2.24) is 5.32 Å². The van der Waals surface area contributed by atoms with Crippen LogP contribution >= 0.6 is 11.6 Å². The molecule has 0 fully saturated rings. The largest absolute Gasteiger partial charge is 0.355 e. The first-order valence-electron chi connectivity index (χ1n) is 4.77. The van der Waals surface area contributed by atoms with Gasteiger partial charge in [-0.15, -0.1) is 0 Å². The number of carbonyl (C=O) groups excluding carboxylic acids is 2. The fraction of sp³-hybridized carbons (Fsp3) is 0.182. The van der Waals surface area contributed by atoms with Crippen LogP contribution in [0, 0.1) is 11.3 Å². The van der Waals surface area contributed by atoms with Crippen LogP contribution in [0.2, 0.25) is 5.02 Å². The molecule has 0 aromatic heterocycles. The summed E-state index contributed by atoms with van der Waals surface area (Å²) in [6.07, 6.45) is -0.227. The number of nitriles is 1. The van der Waals surface area contributed by atoms with Gasteiger partial charge in [0.05, 0.1) is 16.7 Å². The van der Waals surface area contributed by atoms with Gasteiger partial charge in [-0.1, -0.05) is 11.6 Å². The molecule has 1 rings (SSSR count). The van der Waals surface area contributed by atoms with Crippen molar-refractivity contribution in [2.45, 2.75) is 6.42 Å². The van der Waals surface area contributed by atoms with Crippen LogP contribution in [0.3, 0.4) is 0 Å². The highest BCUT2D eigenvalue weighted by Gasteiger charge is 2.10. The van der Waals surface area contributed by atoms with Crippen molar-refractivity contribution < 1.29 is 9.59 Å². The quantitative estimate of drug-likeness (QED) is 0.855. The molecule has 0 aliphatic heterocycles. The minimum Gasteiger partial charge on any atom is -0.355 e. The van der Waals surface area contributed by atoms with Gasteiger partial charge >= 0.3 is 0 Å². The lowest BCUT2D eigenvalue weighted by atomic mass is 10.2. The number of hydrogen-bond donors (Lipinski definition) is 2. The predicted octanol–water partition coefficient (Wildman–Crippen LogP) is 1.55. The van der Waals surface area contributed by atoms with Gasteiger partial charge in [-0.25, -0.2) is 0 Å². The molecule has 88 valence electrons. The lowest BCUT2D eigenvalue weighted by Gasteiger charge is -2.06. The summed E-state index contributed by atoms with van der Waals surface area (Å²) in [5.41, 5.74) is 0.773. The molecular weight excluding hydrogens is 242 g/mol. The van der Waals surface area contributed by atoms with Crippen molar-refractivity contribution in [3.05, 3.63) is 28.8 Å². The van der Waals surface area contributed by atoms with Gasteiger partial charge in [0.15, 0.2) is 0 Å². The van der Waals surface area contributed by atoms with E-state index in [4.69, 9.17) is 16.9 Å². The lowest BCUT2D eigenvalue weighted by Crippen LogP contribution is -2.18. The van der Waals surface area contributed by atoms with Crippen LogP contribution in [0.1, 0.15) is 16.8 Å². The van der Waals surface area contributed by atoms with Crippen LogP contribution in [-0.4, -0.2) is 18.9 Å². The normalized spacial score (nSPS) is 9.24. The molecule has 0 aliphatic rings. The topological polar surface area (TPSA) is 82.0 Å². The molecule has 2 N–H and O–H groups in total. The maximum atomic E-state index is 11.3. The van der Waals surface area contributed by atoms with Crippen molar-refractivity contribution >= 4 is 29.1 Å². The van der Waals surface area contributed by atoms with E-state index in [9.17, 15) is 9.59 Å². The van der Waals surface area contributed by atoms with E-state index in [2.05, 4.69) is 10.6 Å². The Kier molecular flexibility index (Phi) is 4.49. The molecular formula is C11H10ClN3O2. The average molecular weight is 252 g/mol. The maximum absolute atomic E-state index is 11.3. The van der Waals surface area contributed by atoms with E-state index < -0.39 is 5.91 Å². The molecule has 0 aliphatic carbocycles. The Morgan fingerprint density at radius 3 is 2.71 bits per heavy atom. The molecule has 0 heterocycles. The van der Waals surface area contributed by atoms with Crippen molar-refractivity contribution in [1.29, 1.82) is 5.26 Å². The second kappa shape index (κ2) is 5.87. The number of nitrogens with one attached hydrogen (secondary N) is 2. The summed E-state index contributed by atoms with van der Waals surface area (Å²) >= 11 is 5.89. The van der Waals surface area contributed by atoms with Gasteiger partial charge in [0, 0.05) is 12.7 Å². The zero-order valence-corrected chi connectivity index (χ0v) is 9.84. The summed E-state index contributed by atoms with van der Waals surface area (Å²) in [4.78, 5) is 22.5. The van der Waals surface area contributed by atoms with Gasteiger partial charge < -0.3 is 10.6 Å². The van der Waals surface area contributed by atoms with E-state index in [0.717, 1.165) is 0 Å². The van der Waals surface area contributed by atoms with Gasteiger partial charge in [-0.3, -0.25) is 9.59 Å². The van der Waals surface area contributed by atoms with Crippen LogP contribution in [0.25, 0.3) is 0 Å². The molecule has 0 radical (unpaired) electrons. The number of benzene rings is 1. The molecule has 0 unspecified atom stereocenters. The molecule has 6 heteroatoms. The van der Waals surface area contributed by atoms with E-state index in [-0.39, 0.29) is 17.4 Å². The average Bonchev–Trinajstić information content (AvgIpc) is 2.28. The van der Waals surface area contributed by atoms with Crippen molar-refractivity contribution in [3.8, 4) is 6.07 Å². The third-order valence-electron chi connectivity index (χ3n) is 1.96. The summed E-state index contributed by atoms with van der Waals surface area (Å²) in [5, 5.41) is 13.5. The molecule has 0 spiro atoms. The predicted molar refractivity (Wildman–Crippen MR) is 63.7 cm³/mol. The van der Waals surface area contributed by atoms with Crippen LogP contribution in [-0.2, 0) is 4.79 Å². The number of anilines is 1. The highest BCUT2D eigenvalue weighted by molar-refractivity contribution is 6.34. The zero-order valence-electron chi connectivity index (χ0n) is 9.08. The van der Waals surface area contributed by atoms with Crippen molar-refractivity contribution in [2.24, 2.45) is 0 Å². The minimum absolute atomic E-state index is 0.227.